The number of hydrogen-bond acceptors (Lipinski definition) is 4. The lowest BCUT2D eigenvalue weighted by Gasteiger charge is -2.05. The second-order valence-electron chi connectivity index (χ2n) is 5.08. The predicted octanol–water partition coefficient (Wildman–Crippen LogP) is 2.68. The quantitative estimate of drug-likeness (QED) is 0.780. The Morgan fingerprint density at radius 3 is 2.82 bits per heavy atom. The van der Waals surface area contributed by atoms with E-state index >= 15 is 0 Å². The number of nitrogens with zero attached hydrogens (tertiary/aromatic N) is 2. The van der Waals surface area contributed by atoms with E-state index < -0.39 is 10.0 Å². The molecule has 0 saturated carbocycles. The number of imidazole rings is 1. The number of thiophene rings is 1. The number of sulfonamides is 1. The van der Waals surface area contributed by atoms with Crippen molar-refractivity contribution in [3.05, 3.63) is 47.1 Å². The van der Waals surface area contributed by atoms with Crippen LogP contribution < -0.4 is 4.72 Å². The summed E-state index contributed by atoms with van der Waals surface area (Å²) in [4.78, 5) is 5.35. The minimum Gasteiger partial charge on any atom is -0.334 e. The molecule has 22 heavy (non-hydrogen) atoms. The maximum absolute atomic E-state index is 12.3. The molecule has 5 nitrogen and oxygen atoms in total. The molecule has 7 heteroatoms. The average Bonchev–Trinajstić information content (AvgIpc) is 3.13. The van der Waals surface area contributed by atoms with Crippen LogP contribution in [0.5, 0.6) is 0 Å². The molecule has 0 unspecified atom stereocenters. The van der Waals surface area contributed by atoms with E-state index in [1.165, 1.54) is 11.3 Å². The molecule has 1 aromatic carbocycles. The van der Waals surface area contributed by atoms with Crippen LogP contribution >= 0.6 is 11.3 Å². The summed E-state index contributed by atoms with van der Waals surface area (Å²) < 4.78 is 29.5. The van der Waals surface area contributed by atoms with E-state index in [0.29, 0.717) is 4.21 Å². The highest BCUT2D eigenvalue weighted by Crippen LogP contribution is 2.22. The summed E-state index contributed by atoms with van der Waals surface area (Å²) in [7, 11) is -1.52. The molecule has 1 N–H and O–H groups in total. The molecule has 3 aromatic rings. The minimum absolute atomic E-state index is 0.258. The van der Waals surface area contributed by atoms with E-state index in [0.717, 1.165) is 27.9 Å². The van der Waals surface area contributed by atoms with E-state index in [4.69, 9.17) is 0 Å². The molecule has 3 rings (SSSR count). The molecule has 0 aliphatic rings. The van der Waals surface area contributed by atoms with Crippen LogP contribution in [0.25, 0.3) is 11.0 Å². The number of benzene rings is 1. The maximum atomic E-state index is 12.3. The average molecular weight is 335 g/mol. The number of hydrogen-bond donors (Lipinski definition) is 1. The summed E-state index contributed by atoms with van der Waals surface area (Å²) in [5.41, 5.74) is 2.78. The van der Waals surface area contributed by atoms with Crippen LogP contribution in [0.2, 0.25) is 0 Å². The Kier molecular flexibility index (Phi) is 4.03. The van der Waals surface area contributed by atoms with Gasteiger partial charge in [-0.05, 0) is 36.2 Å². The van der Waals surface area contributed by atoms with Gasteiger partial charge < -0.3 is 4.57 Å². The van der Waals surface area contributed by atoms with Crippen LogP contribution in [0.1, 0.15) is 17.4 Å². The van der Waals surface area contributed by atoms with Crippen molar-refractivity contribution in [2.45, 2.75) is 24.1 Å². The third kappa shape index (κ3) is 2.92. The van der Waals surface area contributed by atoms with Crippen molar-refractivity contribution in [2.75, 3.05) is 0 Å². The monoisotopic (exact) mass is 335 g/mol. The molecule has 0 amide bonds. The highest BCUT2D eigenvalue weighted by Gasteiger charge is 2.16. The first-order valence-corrected chi connectivity index (χ1v) is 9.28. The van der Waals surface area contributed by atoms with Crippen molar-refractivity contribution in [1.82, 2.24) is 14.3 Å². The zero-order valence-electron chi connectivity index (χ0n) is 12.4. The fourth-order valence-electron chi connectivity index (χ4n) is 2.23. The normalized spacial score (nSPS) is 12.1. The molecule has 2 aromatic heterocycles. The molecule has 0 aliphatic heterocycles. The first-order chi connectivity index (χ1) is 10.5. The number of fused-ring (bicyclic) bond motifs is 1. The van der Waals surface area contributed by atoms with Gasteiger partial charge in [-0.1, -0.05) is 13.0 Å². The van der Waals surface area contributed by atoms with Crippen molar-refractivity contribution in [3.8, 4) is 0 Å². The summed E-state index contributed by atoms with van der Waals surface area (Å²) in [6, 6.07) is 9.29. The van der Waals surface area contributed by atoms with Gasteiger partial charge in [-0.2, -0.15) is 0 Å². The molecule has 0 saturated heterocycles. The highest BCUT2D eigenvalue weighted by molar-refractivity contribution is 7.91. The van der Waals surface area contributed by atoms with Crippen molar-refractivity contribution < 1.29 is 8.42 Å². The molecule has 0 bridgehead atoms. The highest BCUT2D eigenvalue weighted by atomic mass is 32.2. The molecular weight excluding hydrogens is 318 g/mol. The molecular formula is C15H17N3O2S2. The van der Waals surface area contributed by atoms with Crippen LogP contribution in [-0.4, -0.2) is 18.0 Å². The van der Waals surface area contributed by atoms with Crippen LogP contribution in [0.4, 0.5) is 0 Å². The van der Waals surface area contributed by atoms with Crippen LogP contribution in [0.3, 0.4) is 0 Å². The largest absolute Gasteiger partial charge is 0.334 e. The van der Waals surface area contributed by atoms with Crippen molar-refractivity contribution in [3.63, 3.8) is 0 Å². The lowest BCUT2D eigenvalue weighted by molar-refractivity contribution is 0.583. The topological polar surface area (TPSA) is 64.0 Å². The molecule has 0 aliphatic carbocycles. The van der Waals surface area contributed by atoms with Gasteiger partial charge in [0.25, 0.3) is 0 Å². The summed E-state index contributed by atoms with van der Waals surface area (Å²) in [5, 5.41) is 0. The summed E-state index contributed by atoms with van der Waals surface area (Å²) in [6.07, 6.45) is 2.59. The summed E-state index contributed by atoms with van der Waals surface area (Å²) >= 11 is 1.31. The Labute approximate surface area is 133 Å². The van der Waals surface area contributed by atoms with Crippen molar-refractivity contribution in [2.24, 2.45) is 7.05 Å². The lowest BCUT2D eigenvalue weighted by Crippen LogP contribution is -2.22. The van der Waals surface area contributed by atoms with Gasteiger partial charge in [0, 0.05) is 18.5 Å². The van der Waals surface area contributed by atoms with E-state index in [1.807, 2.05) is 42.8 Å². The number of rotatable bonds is 5. The van der Waals surface area contributed by atoms with Gasteiger partial charge in [-0.25, -0.2) is 18.1 Å². The smallest absolute Gasteiger partial charge is 0.250 e. The van der Waals surface area contributed by atoms with E-state index in [-0.39, 0.29) is 6.54 Å². The third-order valence-electron chi connectivity index (χ3n) is 3.51. The standard InChI is InChI=1S/C15H17N3O2S2/c1-3-12-5-7-15(21-12)22(19,20)17-9-11-4-6-14-13(8-11)16-10-18(14)2/h4-8,10,17H,3,9H2,1-2H3. The van der Waals surface area contributed by atoms with Gasteiger partial charge in [0.05, 0.1) is 17.4 Å². The zero-order valence-corrected chi connectivity index (χ0v) is 14.0. The Morgan fingerprint density at radius 2 is 2.09 bits per heavy atom. The minimum atomic E-state index is -3.45. The van der Waals surface area contributed by atoms with E-state index in [9.17, 15) is 8.42 Å². The predicted molar refractivity (Wildman–Crippen MR) is 88.4 cm³/mol. The number of aromatic nitrogens is 2. The fourth-order valence-corrected chi connectivity index (χ4v) is 4.59. The summed E-state index contributed by atoms with van der Waals surface area (Å²) in [6.45, 7) is 2.27. The van der Waals surface area contributed by atoms with Gasteiger partial charge in [0.1, 0.15) is 4.21 Å². The summed E-state index contributed by atoms with van der Waals surface area (Å²) in [5.74, 6) is 0. The number of nitrogens with one attached hydrogen (secondary N) is 1. The van der Waals surface area contributed by atoms with Gasteiger partial charge in [0.2, 0.25) is 10.0 Å². The van der Waals surface area contributed by atoms with Gasteiger partial charge >= 0.3 is 0 Å². The fraction of sp³-hybridized carbons (Fsp3) is 0.267. The van der Waals surface area contributed by atoms with Crippen LogP contribution in [-0.2, 0) is 30.0 Å². The van der Waals surface area contributed by atoms with E-state index in [2.05, 4.69) is 9.71 Å². The van der Waals surface area contributed by atoms with Gasteiger partial charge in [-0.15, -0.1) is 11.3 Å². The van der Waals surface area contributed by atoms with Gasteiger partial charge in [0.15, 0.2) is 0 Å². The second kappa shape index (κ2) is 5.83. The van der Waals surface area contributed by atoms with Gasteiger partial charge in [-0.3, -0.25) is 0 Å². The Morgan fingerprint density at radius 1 is 1.27 bits per heavy atom. The molecule has 0 atom stereocenters. The first-order valence-electron chi connectivity index (χ1n) is 6.98. The maximum Gasteiger partial charge on any atom is 0.250 e. The Bertz CT molecular complexity index is 910. The Hall–Kier alpha value is -1.70. The van der Waals surface area contributed by atoms with Crippen LogP contribution in [0.15, 0.2) is 40.9 Å². The third-order valence-corrected chi connectivity index (χ3v) is 6.63. The zero-order chi connectivity index (χ0) is 15.7. The van der Waals surface area contributed by atoms with Crippen LogP contribution in [0, 0.1) is 0 Å². The molecule has 2 heterocycles. The molecule has 0 fully saturated rings. The molecule has 0 spiro atoms. The first kappa shape index (κ1) is 15.2. The molecule has 116 valence electrons. The number of aryl methyl sites for hydroxylation is 2. The van der Waals surface area contributed by atoms with E-state index in [1.54, 1.807) is 12.4 Å². The lowest BCUT2D eigenvalue weighted by atomic mass is 10.2. The second-order valence-corrected chi connectivity index (χ2v) is 8.24. The van der Waals surface area contributed by atoms with Crippen molar-refractivity contribution in [1.29, 1.82) is 0 Å². The SMILES string of the molecule is CCc1ccc(S(=O)(=O)NCc2ccc3c(c2)ncn3C)s1. The molecule has 0 radical (unpaired) electrons. The van der Waals surface area contributed by atoms with Crippen molar-refractivity contribution >= 4 is 32.4 Å². The Balaban J connectivity index is 1.77.